The summed E-state index contributed by atoms with van der Waals surface area (Å²) in [4.78, 5) is 3.93. The maximum atomic E-state index is 8.04. The number of hydrogen-bond donors (Lipinski definition) is 0. The fourth-order valence-corrected chi connectivity index (χ4v) is 6.82. The SMILES string of the molecule is [C-]#[N+]c1cc(-c2cc(-c3ccccc3)cc(-c3ccc4oc5ccccc5c4c3)c2)cc(-n2c3ccccc3c3ccccc32)c1. The number of furan rings is 1. The Morgan fingerprint density at radius 3 is 1.70 bits per heavy atom. The fourth-order valence-electron chi connectivity index (χ4n) is 6.82. The molecule has 3 heteroatoms. The van der Waals surface area contributed by atoms with Crippen molar-refractivity contribution in [3.63, 3.8) is 0 Å². The molecule has 0 aliphatic rings. The van der Waals surface area contributed by atoms with Crippen LogP contribution < -0.4 is 0 Å². The molecule has 0 unspecified atom stereocenters. The molecular weight excluding hydrogens is 560 g/mol. The first-order chi connectivity index (χ1) is 22.7. The Balaban J connectivity index is 1.28. The summed E-state index contributed by atoms with van der Waals surface area (Å²) in [6.45, 7) is 8.04. The van der Waals surface area contributed by atoms with E-state index in [1.807, 2.05) is 30.3 Å². The molecule has 0 N–H and O–H groups in total. The summed E-state index contributed by atoms with van der Waals surface area (Å²) >= 11 is 0. The molecule has 9 aromatic rings. The van der Waals surface area contributed by atoms with Gasteiger partial charge in [-0.15, -0.1) is 0 Å². The van der Waals surface area contributed by atoms with Crippen molar-refractivity contribution in [3.05, 3.63) is 169 Å². The smallest absolute Gasteiger partial charge is 0.189 e. The molecule has 0 saturated heterocycles. The van der Waals surface area contributed by atoms with E-state index in [-0.39, 0.29) is 0 Å². The second-order valence-electron chi connectivity index (χ2n) is 11.7. The highest BCUT2D eigenvalue weighted by Crippen LogP contribution is 2.39. The van der Waals surface area contributed by atoms with Gasteiger partial charge in [0.1, 0.15) is 11.2 Å². The van der Waals surface area contributed by atoms with E-state index in [4.69, 9.17) is 11.0 Å². The molecule has 46 heavy (non-hydrogen) atoms. The molecule has 0 aliphatic carbocycles. The van der Waals surface area contributed by atoms with E-state index in [0.29, 0.717) is 5.69 Å². The van der Waals surface area contributed by atoms with Gasteiger partial charge < -0.3 is 8.98 Å². The first kappa shape index (κ1) is 26.1. The molecule has 0 amide bonds. The van der Waals surface area contributed by atoms with Crippen molar-refractivity contribution in [2.45, 2.75) is 0 Å². The van der Waals surface area contributed by atoms with Crippen molar-refractivity contribution in [1.82, 2.24) is 4.57 Å². The van der Waals surface area contributed by atoms with Crippen LogP contribution >= 0.6 is 0 Å². The van der Waals surface area contributed by atoms with Crippen molar-refractivity contribution < 1.29 is 4.42 Å². The van der Waals surface area contributed by atoms with Gasteiger partial charge in [0.2, 0.25) is 0 Å². The number of rotatable bonds is 4. The van der Waals surface area contributed by atoms with Gasteiger partial charge in [-0.1, -0.05) is 91.0 Å². The lowest BCUT2D eigenvalue weighted by molar-refractivity contribution is 0.669. The number of fused-ring (bicyclic) bond motifs is 6. The van der Waals surface area contributed by atoms with Crippen molar-refractivity contribution in [2.24, 2.45) is 0 Å². The van der Waals surface area contributed by atoms with Crippen molar-refractivity contribution in [2.75, 3.05) is 0 Å². The Morgan fingerprint density at radius 1 is 0.413 bits per heavy atom. The van der Waals surface area contributed by atoms with Crippen LogP contribution in [-0.2, 0) is 0 Å². The summed E-state index contributed by atoms with van der Waals surface area (Å²) in [5, 5.41) is 4.61. The minimum atomic E-state index is 0.604. The second kappa shape index (κ2) is 10.4. The van der Waals surface area contributed by atoms with E-state index in [2.05, 4.69) is 137 Å². The highest BCUT2D eigenvalue weighted by Gasteiger charge is 2.15. The minimum absolute atomic E-state index is 0.604. The highest BCUT2D eigenvalue weighted by atomic mass is 16.3. The van der Waals surface area contributed by atoms with Crippen LogP contribution in [0, 0.1) is 6.57 Å². The van der Waals surface area contributed by atoms with Gasteiger partial charge in [-0.2, -0.15) is 0 Å². The second-order valence-corrected chi connectivity index (χ2v) is 11.7. The molecule has 9 rings (SSSR count). The maximum absolute atomic E-state index is 8.04. The van der Waals surface area contributed by atoms with Gasteiger partial charge >= 0.3 is 0 Å². The molecule has 214 valence electrons. The lowest BCUT2D eigenvalue weighted by Crippen LogP contribution is -1.95. The van der Waals surface area contributed by atoms with Gasteiger partial charge in [0.05, 0.1) is 17.6 Å². The average Bonchev–Trinajstić information content (AvgIpc) is 3.67. The molecule has 0 atom stereocenters. The van der Waals surface area contributed by atoms with Crippen LogP contribution in [0.1, 0.15) is 0 Å². The molecule has 0 saturated carbocycles. The van der Waals surface area contributed by atoms with Crippen LogP contribution in [0.15, 0.2) is 162 Å². The van der Waals surface area contributed by atoms with Gasteiger partial charge in [-0.25, -0.2) is 4.85 Å². The molecule has 2 aromatic heterocycles. The van der Waals surface area contributed by atoms with E-state index in [0.717, 1.165) is 72.0 Å². The number of para-hydroxylation sites is 3. The standard InChI is InChI=1S/C43H26N2O/c1-44-34-24-33(25-35(27-34)45-40-16-8-5-13-36(40)37-14-6-9-17-41(37)45)32-22-30(28-11-3-2-4-12-28)21-31(23-32)29-19-20-43-39(26-29)38-15-7-10-18-42(38)46-43/h2-27H. The third-order valence-electron chi connectivity index (χ3n) is 8.95. The van der Waals surface area contributed by atoms with Crippen LogP contribution in [0.2, 0.25) is 0 Å². The summed E-state index contributed by atoms with van der Waals surface area (Å²) in [6.07, 6.45) is 0. The average molecular weight is 587 g/mol. The third-order valence-corrected chi connectivity index (χ3v) is 8.95. The Kier molecular flexibility index (Phi) is 5.88. The van der Waals surface area contributed by atoms with Gasteiger partial charge in [0, 0.05) is 27.2 Å². The normalized spacial score (nSPS) is 11.5. The zero-order valence-corrected chi connectivity index (χ0v) is 24.8. The summed E-state index contributed by atoms with van der Waals surface area (Å²) in [5.41, 5.74) is 12.1. The van der Waals surface area contributed by atoms with E-state index in [1.54, 1.807) is 0 Å². The van der Waals surface area contributed by atoms with Gasteiger partial charge in [0.25, 0.3) is 0 Å². The Bertz CT molecular complexity index is 2600. The Labute approximate surface area is 266 Å². The number of nitrogens with zero attached hydrogens (tertiary/aromatic N) is 2. The van der Waals surface area contributed by atoms with Crippen molar-refractivity contribution in [1.29, 1.82) is 0 Å². The number of aromatic nitrogens is 1. The molecule has 0 aliphatic heterocycles. The molecule has 0 fully saturated rings. The van der Waals surface area contributed by atoms with Crippen LogP contribution in [0.3, 0.4) is 0 Å². The van der Waals surface area contributed by atoms with E-state index < -0.39 is 0 Å². The summed E-state index contributed by atoms with van der Waals surface area (Å²) in [7, 11) is 0. The first-order valence-corrected chi connectivity index (χ1v) is 15.4. The molecule has 0 radical (unpaired) electrons. The lowest BCUT2D eigenvalue weighted by atomic mass is 9.92. The highest BCUT2D eigenvalue weighted by molar-refractivity contribution is 6.09. The maximum Gasteiger partial charge on any atom is 0.189 e. The van der Waals surface area contributed by atoms with Crippen LogP contribution in [0.4, 0.5) is 5.69 Å². The largest absolute Gasteiger partial charge is 0.456 e. The monoisotopic (exact) mass is 586 g/mol. The van der Waals surface area contributed by atoms with Crippen molar-refractivity contribution in [3.8, 4) is 39.1 Å². The molecule has 7 aromatic carbocycles. The molecule has 0 spiro atoms. The molecule has 3 nitrogen and oxygen atoms in total. The topological polar surface area (TPSA) is 22.4 Å². The third kappa shape index (κ3) is 4.20. The summed E-state index contributed by atoms with van der Waals surface area (Å²) in [5.74, 6) is 0. The predicted octanol–water partition coefficient (Wildman–Crippen LogP) is 12.2. The van der Waals surface area contributed by atoms with Crippen LogP contribution in [0.5, 0.6) is 0 Å². The van der Waals surface area contributed by atoms with Crippen LogP contribution in [0.25, 0.3) is 87.7 Å². The zero-order chi connectivity index (χ0) is 30.6. The Hall–Kier alpha value is -6.37. The van der Waals surface area contributed by atoms with E-state index in [9.17, 15) is 0 Å². The van der Waals surface area contributed by atoms with Crippen LogP contribution in [-0.4, -0.2) is 4.57 Å². The fraction of sp³-hybridized carbons (Fsp3) is 0. The quantitative estimate of drug-likeness (QED) is 0.188. The minimum Gasteiger partial charge on any atom is -0.456 e. The zero-order valence-electron chi connectivity index (χ0n) is 24.8. The first-order valence-electron chi connectivity index (χ1n) is 15.4. The Morgan fingerprint density at radius 2 is 0.978 bits per heavy atom. The van der Waals surface area contributed by atoms with E-state index >= 15 is 0 Å². The lowest BCUT2D eigenvalue weighted by Gasteiger charge is -2.14. The predicted molar refractivity (Wildman–Crippen MR) is 191 cm³/mol. The number of benzene rings is 7. The number of hydrogen-bond acceptors (Lipinski definition) is 1. The molecular formula is C43H26N2O. The van der Waals surface area contributed by atoms with Gasteiger partial charge in [-0.05, 0) is 100 Å². The molecule has 2 heterocycles. The van der Waals surface area contributed by atoms with E-state index in [1.165, 1.54) is 10.8 Å². The summed E-state index contributed by atoms with van der Waals surface area (Å²) in [6, 6.07) is 55.0. The summed E-state index contributed by atoms with van der Waals surface area (Å²) < 4.78 is 8.41. The van der Waals surface area contributed by atoms with Gasteiger partial charge in [-0.3, -0.25) is 0 Å². The van der Waals surface area contributed by atoms with Crippen molar-refractivity contribution >= 4 is 49.4 Å². The van der Waals surface area contributed by atoms with Gasteiger partial charge in [0.15, 0.2) is 5.69 Å². The molecule has 0 bridgehead atoms.